The molecule has 0 aliphatic heterocycles. The number of hydrogen-bond acceptors (Lipinski definition) is 3. The molecule has 4 heteroatoms. The zero-order valence-electron chi connectivity index (χ0n) is 8.23. The van der Waals surface area contributed by atoms with Crippen LogP contribution in [0.25, 0.3) is 0 Å². The largest absolute Gasteiger partial charge is 0.321 e. The minimum absolute atomic E-state index is 0.0701. The molecule has 0 atom stereocenters. The third-order valence-electron chi connectivity index (χ3n) is 1.90. The summed E-state index contributed by atoms with van der Waals surface area (Å²) in [6, 6.07) is 7.29. The van der Waals surface area contributed by atoms with E-state index in [0.29, 0.717) is 0 Å². The van der Waals surface area contributed by atoms with E-state index in [1.54, 1.807) is 24.5 Å². The number of anilines is 1. The van der Waals surface area contributed by atoms with E-state index >= 15 is 0 Å². The zero-order chi connectivity index (χ0) is 10.7. The summed E-state index contributed by atoms with van der Waals surface area (Å²) >= 11 is 1.49. The van der Waals surface area contributed by atoms with Crippen molar-refractivity contribution >= 4 is 22.9 Å². The molecule has 76 valence electrons. The lowest BCUT2D eigenvalue weighted by molar-refractivity contribution is 0.103. The van der Waals surface area contributed by atoms with Crippen molar-refractivity contribution in [2.24, 2.45) is 0 Å². The Kier molecular flexibility index (Phi) is 2.78. The van der Waals surface area contributed by atoms with Crippen LogP contribution < -0.4 is 5.32 Å². The van der Waals surface area contributed by atoms with Crippen LogP contribution in [-0.4, -0.2) is 10.9 Å². The first kappa shape index (κ1) is 9.86. The van der Waals surface area contributed by atoms with Gasteiger partial charge in [0.2, 0.25) is 0 Å². The van der Waals surface area contributed by atoms with Crippen LogP contribution in [0.5, 0.6) is 0 Å². The van der Waals surface area contributed by atoms with Crippen molar-refractivity contribution in [1.29, 1.82) is 0 Å². The molecule has 0 aliphatic rings. The maximum atomic E-state index is 11.7. The average molecular weight is 218 g/mol. The molecule has 0 bridgehead atoms. The second kappa shape index (κ2) is 4.23. The molecule has 2 heterocycles. The van der Waals surface area contributed by atoms with E-state index in [1.165, 1.54) is 11.3 Å². The molecule has 0 saturated carbocycles. The lowest BCUT2D eigenvalue weighted by Gasteiger charge is -2.01. The predicted octanol–water partition coefficient (Wildman–Crippen LogP) is 2.70. The number of rotatable bonds is 2. The fraction of sp³-hybridized carbons (Fsp3) is 0.0909. The number of hydrogen-bond donors (Lipinski definition) is 1. The van der Waals surface area contributed by atoms with Crippen LogP contribution in [0.3, 0.4) is 0 Å². The van der Waals surface area contributed by atoms with Gasteiger partial charge in [-0.1, -0.05) is 0 Å². The normalized spacial score (nSPS) is 9.93. The molecule has 0 aliphatic carbocycles. The summed E-state index contributed by atoms with van der Waals surface area (Å²) in [6.07, 6.45) is 3.30. The zero-order valence-corrected chi connectivity index (χ0v) is 9.04. The van der Waals surface area contributed by atoms with Gasteiger partial charge in [0, 0.05) is 23.0 Å². The molecular weight excluding hydrogens is 208 g/mol. The molecule has 1 amide bonds. The van der Waals surface area contributed by atoms with Crippen LogP contribution in [0.4, 0.5) is 5.69 Å². The van der Waals surface area contributed by atoms with E-state index in [1.807, 2.05) is 19.1 Å². The van der Waals surface area contributed by atoms with Gasteiger partial charge in [0.05, 0.1) is 4.88 Å². The first-order valence-corrected chi connectivity index (χ1v) is 5.35. The molecule has 2 aromatic heterocycles. The SMILES string of the molecule is Cc1ccc(C(=O)Nc2ccncc2)s1. The third-order valence-corrected chi connectivity index (χ3v) is 2.90. The summed E-state index contributed by atoms with van der Waals surface area (Å²) in [6.45, 7) is 1.98. The van der Waals surface area contributed by atoms with E-state index < -0.39 is 0 Å². The maximum absolute atomic E-state index is 11.7. The Hall–Kier alpha value is -1.68. The van der Waals surface area contributed by atoms with Gasteiger partial charge in [-0.15, -0.1) is 11.3 Å². The Balaban J connectivity index is 2.11. The molecule has 2 aromatic rings. The van der Waals surface area contributed by atoms with E-state index in [9.17, 15) is 4.79 Å². The number of aromatic nitrogens is 1. The van der Waals surface area contributed by atoms with Gasteiger partial charge < -0.3 is 5.32 Å². The summed E-state index contributed by atoms with van der Waals surface area (Å²) in [5.41, 5.74) is 0.765. The summed E-state index contributed by atoms with van der Waals surface area (Å²) < 4.78 is 0. The fourth-order valence-electron chi connectivity index (χ4n) is 1.18. The Bertz CT molecular complexity index is 464. The summed E-state index contributed by atoms with van der Waals surface area (Å²) in [5.74, 6) is -0.0701. The Morgan fingerprint density at radius 1 is 1.27 bits per heavy atom. The predicted molar refractivity (Wildman–Crippen MR) is 61.2 cm³/mol. The highest BCUT2D eigenvalue weighted by molar-refractivity contribution is 7.14. The number of amides is 1. The van der Waals surface area contributed by atoms with Gasteiger partial charge in [0.15, 0.2) is 0 Å². The average Bonchev–Trinajstić information content (AvgIpc) is 2.66. The lowest BCUT2D eigenvalue weighted by atomic mass is 10.3. The van der Waals surface area contributed by atoms with Gasteiger partial charge in [-0.25, -0.2) is 0 Å². The van der Waals surface area contributed by atoms with Crippen LogP contribution in [-0.2, 0) is 0 Å². The number of aryl methyl sites for hydroxylation is 1. The number of thiophene rings is 1. The summed E-state index contributed by atoms with van der Waals surface area (Å²) in [5, 5.41) is 2.80. The molecular formula is C11H10N2OS. The van der Waals surface area contributed by atoms with Crippen LogP contribution in [0.2, 0.25) is 0 Å². The molecule has 0 fully saturated rings. The molecule has 1 N–H and O–H groups in total. The Morgan fingerprint density at radius 2 is 2.00 bits per heavy atom. The van der Waals surface area contributed by atoms with Crippen molar-refractivity contribution in [3.63, 3.8) is 0 Å². The summed E-state index contributed by atoms with van der Waals surface area (Å²) in [4.78, 5) is 17.4. The first-order valence-electron chi connectivity index (χ1n) is 4.53. The Labute approximate surface area is 91.8 Å². The maximum Gasteiger partial charge on any atom is 0.265 e. The monoisotopic (exact) mass is 218 g/mol. The van der Waals surface area contributed by atoms with Gasteiger partial charge in [-0.05, 0) is 31.2 Å². The van der Waals surface area contributed by atoms with Crippen molar-refractivity contribution < 1.29 is 4.79 Å². The van der Waals surface area contributed by atoms with Crippen molar-refractivity contribution in [3.05, 3.63) is 46.4 Å². The van der Waals surface area contributed by atoms with Crippen LogP contribution in [0.1, 0.15) is 14.5 Å². The van der Waals surface area contributed by atoms with E-state index in [0.717, 1.165) is 15.4 Å². The van der Waals surface area contributed by atoms with E-state index in [-0.39, 0.29) is 5.91 Å². The molecule has 0 radical (unpaired) electrons. The van der Waals surface area contributed by atoms with Gasteiger partial charge in [0.25, 0.3) is 5.91 Å². The van der Waals surface area contributed by atoms with Crippen molar-refractivity contribution in [3.8, 4) is 0 Å². The highest BCUT2D eigenvalue weighted by atomic mass is 32.1. The van der Waals surface area contributed by atoms with Crippen molar-refractivity contribution in [2.75, 3.05) is 5.32 Å². The molecule has 15 heavy (non-hydrogen) atoms. The molecule has 0 spiro atoms. The van der Waals surface area contributed by atoms with Gasteiger partial charge >= 0.3 is 0 Å². The molecule has 3 nitrogen and oxygen atoms in total. The minimum atomic E-state index is -0.0701. The standard InChI is InChI=1S/C11H10N2OS/c1-8-2-3-10(15-8)11(14)13-9-4-6-12-7-5-9/h2-7H,1H3,(H,12,13,14). The van der Waals surface area contributed by atoms with Crippen LogP contribution >= 0.6 is 11.3 Å². The lowest BCUT2D eigenvalue weighted by Crippen LogP contribution is -2.09. The topological polar surface area (TPSA) is 42.0 Å². The van der Waals surface area contributed by atoms with Gasteiger partial charge in [0.1, 0.15) is 0 Å². The number of carbonyl (C=O) groups is 1. The quantitative estimate of drug-likeness (QED) is 0.842. The van der Waals surface area contributed by atoms with Gasteiger partial charge in [-0.3, -0.25) is 9.78 Å². The number of nitrogens with zero attached hydrogens (tertiary/aromatic N) is 1. The molecule has 2 rings (SSSR count). The summed E-state index contributed by atoms with van der Waals surface area (Å²) in [7, 11) is 0. The van der Waals surface area contributed by atoms with Crippen molar-refractivity contribution in [1.82, 2.24) is 4.98 Å². The fourth-order valence-corrected chi connectivity index (χ4v) is 1.95. The molecule has 0 unspecified atom stereocenters. The first-order chi connectivity index (χ1) is 7.25. The third kappa shape index (κ3) is 2.41. The van der Waals surface area contributed by atoms with Gasteiger partial charge in [-0.2, -0.15) is 0 Å². The van der Waals surface area contributed by atoms with Crippen molar-refractivity contribution in [2.45, 2.75) is 6.92 Å². The number of pyridine rings is 1. The number of carbonyl (C=O) groups excluding carboxylic acids is 1. The van der Waals surface area contributed by atoms with E-state index in [4.69, 9.17) is 0 Å². The highest BCUT2D eigenvalue weighted by Gasteiger charge is 2.07. The second-order valence-electron chi connectivity index (χ2n) is 3.10. The molecule has 0 saturated heterocycles. The van der Waals surface area contributed by atoms with Crippen LogP contribution in [0.15, 0.2) is 36.7 Å². The highest BCUT2D eigenvalue weighted by Crippen LogP contribution is 2.16. The minimum Gasteiger partial charge on any atom is -0.321 e. The van der Waals surface area contributed by atoms with E-state index in [2.05, 4.69) is 10.3 Å². The Morgan fingerprint density at radius 3 is 2.60 bits per heavy atom. The number of nitrogens with one attached hydrogen (secondary N) is 1. The second-order valence-corrected chi connectivity index (χ2v) is 4.39. The smallest absolute Gasteiger partial charge is 0.265 e. The van der Waals surface area contributed by atoms with Crippen LogP contribution in [0, 0.1) is 6.92 Å². The molecule has 0 aromatic carbocycles.